The van der Waals surface area contributed by atoms with E-state index in [2.05, 4.69) is 86.1 Å². The van der Waals surface area contributed by atoms with Gasteiger partial charge in [-0.05, 0) is 40.0 Å². The van der Waals surface area contributed by atoms with Crippen molar-refractivity contribution in [1.82, 2.24) is 14.5 Å². The first-order valence-electron chi connectivity index (χ1n) is 7.55. The summed E-state index contributed by atoms with van der Waals surface area (Å²) < 4.78 is 3.07. The van der Waals surface area contributed by atoms with Crippen molar-refractivity contribution in [1.29, 1.82) is 0 Å². The molecule has 0 aliphatic rings. The molecule has 114 valence electrons. The van der Waals surface area contributed by atoms with Gasteiger partial charge in [0, 0.05) is 29.2 Å². The SMILES string of the molecule is Cc1ccccc1Cn1cnc(Br)c1-c1c[nH]c2ccccc12. The number of hydrogen-bond acceptors (Lipinski definition) is 1. The molecule has 0 bridgehead atoms. The van der Waals surface area contributed by atoms with Gasteiger partial charge in [-0.2, -0.15) is 0 Å². The summed E-state index contributed by atoms with van der Waals surface area (Å²) in [6.45, 7) is 2.95. The highest BCUT2D eigenvalue weighted by Crippen LogP contribution is 2.33. The minimum Gasteiger partial charge on any atom is -0.360 e. The van der Waals surface area contributed by atoms with Crippen LogP contribution in [0.3, 0.4) is 0 Å². The van der Waals surface area contributed by atoms with E-state index in [4.69, 9.17) is 0 Å². The Labute approximate surface area is 143 Å². The number of nitrogens with zero attached hydrogens (tertiary/aromatic N) is 2. The van der Waals surface area contributed by atoms with Crippen LogP contribution < -0.4 is 0 Å². The lowest BCUT2D eigenvalue weighted by Gasteiger charge is -2.10. The fourth-order valence-corrected chi connectivity index (χ4v) is 3.51. The molecule has 3 nitrogen and oxygen atoms in total. The number of benzene rings is 2. The highest BCUT2D eigenvalue weighted by Gasteiger charge is 2.15. The van der Waals surface area contributed by atoms with Crippen molar-refractivity contribution >= 4 is 26.8 Å². The predicted molar refractivity (Wildman–Crippen MR) is 97.5 cm³/mol. The van der Waals surface area contributed by atoms with E-state index in [1.54, 1.807) is 0 Å². The number of aromatic nitrogens is 3. The van der Waals surface area contributed by atoms with Crippen molar-refractivity contribution in [2.45, 2.75) is 13.5 Å². The molecule has 0 spiro atoms. The Balaban J connectivity index is 1.84. The number of aromatic amines is 1. The first-order chi connectivity index (χ1) is 11.2. The van der Waals surface area contributed by atoms with Gasteiger partial charge in [-0.3, -0.25) is 0 Å². The molecule has 0 fully saturated rings. The number of halogens is 1. The molecule has 0 aliphatic carbocycles. The number of hydrogen-bond donors (Lipinski definition) is 1. The molecule has 0 saturated heterocycles. The lowest BCUT2D eigenvalue weighted by atomic mass is 10.1. The molecule has 4 heteroatoms. The Bertz CT molecular complexity index is 981. The maximum Gasteiger partial charge on any atom is 0.132 e. The standard InChI is InChI=1S/C19H16BrN3/c1-13-6-2-3-7-14(13)11-23-12-22-19(20)18(23)16-10-21-17-9-5-4-8-15(16)17/h2-10,12,21H,11H2,1H3. The molecule has 0 saturated carbocycles. The number of para-hydroxylation sites is 1. The second kappa shape index (κ2) is 5.70. The molecule has 0 radical (unpaired) electrons. The third-order valence-corrected chi connectivity index (χ3v) is 4.82. The van der Waals surface area contributed by atoms with E-state index in [1.807, 2.05) is 12.4 Å². The molecule has 23 heavy (non-hydrogen) atoms. The zero-order chi connectivity index (χ0) is 15.8. The highest BCUT2D eigenvalue weighted by atomic mass is 79.9. The fraction of sp³-hybridized carbons (Fsp3) is 0.105. The topological polar surface area (TPSA) is 33.6 Å². The maximum absolute atomic E-state index is 4.47. The second-order valence-corrected chi connectivity index (χ2v) is 6.44. The van der Waals surface area contributed by atoms with Crippen molar-refractivity contribution in [3.63, 3.8) is 0 Å². The van der Waals surface area contributed by atoms with Crippen LogP contribution in [-0.4, -0.2) is 14.5 Å². The zero-order valence-electron chi connectivity index (χ0n) is 12.8. The second-order valence-electron chi connectivity index (χ2n) is 5.69. The molecule has 0 aliphatic heterocycles. The van der Waals surface area contributed by atoms with E-state index in [0.717, 1.165) is 22.4 Å². The third kappa shape index (κ3) is 2.49. The Kier molecular flexibility index (Phi) is 3.54. The monoisotopic (exact) mass is 365 g/mol. The lowest BCUT2D eigenvalue weighted by molar-refractivity contribution is 0.800. The number of aryl methyl sites for hydroxylation is 1. The van der Waals surface area contributed by atoms with Crippen molar-refractivity contribution in [3.8, 4) is 11.3 Å². The maximum atomic E-state index is 4.47. The summed E-state index contributed by atoms with van der Waals surface area (Å²) in [6, 6.07) is 16.8. The smallest absolute Gasteiger partial charge is 0.132 e. The van der Waals surface area contributed by atoms with Crippen LogP contribution in [0.15, 0.2) is 65.7 Å². The van der Waals surface area contributed by atoms with Crippen LogP contribution in [0, 0.1) is 6.92 Å². The minimum atomic E-state index is 0.806. The van der Waals surface area contributed by atoms with Gasteiger partial charge in [0.2, 0.25) is 0 Å². The van der Waals surface area contributed by atoms with E-state index < -0.39 is 0 Å². The summed E-state index contributed by atoms with van der Waals surface area (Å²) in [5.74, 6) is 0. The quantitative estimate of drug-likeness (QED) is 0.535. The average molecular weight is 366 g/mol. The Hall–Kier alpha value is -2.33. The molecule has 4 aromatic rings. The molecule has 2 heterocycles. The van der Waals surface area contributed by atoms with Gasteiger partial charge in [0.05, 0.1) is 12.0 Å². The minimum absolute atomic E-state index is 0.806. The number of imidazole rings is 1. The number of fused-ring (bicyclic) bond motifs is 1. The van der Waals surface area contributed by atoms with E-state index >= 15 is 0 Å². The predicted octanol–water partition coefficient (Wildman–Crippen LogP) is 5.15. The van der Waals surface area contributed by atoms with E-state index in [-0.39, 0.29) is 0 Å². The Morgan fingerprint density at radius 3 is 2.74 bits per heavy atom. The van der Waals surface area contributed by atoms with Gasteiger partial charge >= 0.3 is 0 Å². The van der Waals surface area contributed by atoms with Crippen LogP contribution in [0.4, 0.5) is 0 Å². The Morgan fingerprint density at radius 2 is 1.87 bits per heavy atom. The Morgan fingerprint density at radius 1 is 1.09 bits per heavy atom. The van der Waals surface area contributed by atoms with Crippen molar-refractivity contribution < 1.29 is 0 Å². The molecule has 4 rings (SSSR count). The summed E-state index contributed by atoms with van der Waals surface area (Å²) in [4.78, 5) is 7.82. The first kappa shape index (κ1) is 14.3. The van der Waals surface area contributed by atoms with Gasteiger partial charge in [0.1, 0.15) is 4.60 Å². The van der Waals surface area contributed by atoms with Crippen LogP contribution in [0.2, 0.25) is 0 Å². The number of nitrogens with one attached hydrogen (secondary N) is 1. The van der Waals surface area contributed by atoms with E-state index in [1.165, 1.54) is 22.1 Å². The van der Waals surface area contributed by atoms with Crippen molar-refractivity contribution in [2.75, 3.05) is 0 Å². The van der Waals surface area contributed by atoms with Gasteiger partial charge in [-0.15, -0.1) is 0 Å². The van der Waals surface area contributed by atoms with E-state index in [0.29, 0.717) is 0 Å². The first-order valence-corrected chi connectivity index (χ1v) is 8.35. The molecule has 1 N–H and O–H groups in total. The normalized spacial score (nSPS) is 11.2. The van der Waals surface area contributed by atoms with Crippen LogP contribution in [0.5, 0.6) is 0 Å². The molecule has 2 aromatic heterocycles. The van der Waals surface area contributed by atoms with Crippen molar-refractivity contribution in [2.24, 2.45) is 0 Å². The molecule has 0 amide bonds. The zero-order valence-corrected chi connectivity index (χ0v) is 14.3. The summed E-state index contributed by atoms with van der Waals surface area (Å²) in [5.41, 5.74) is 6.00. The van der Waals surface area contributed by atoms with Crippen LogP contribution in [-0.2, 0) is 6.54 Å². The van der Waals surface area contributed by atoms with Crippen molar-refractivity contribution in [3.05, 3.63) is 76.8 Å². The molecular formula is C19H16BrN3. The average Bonchev–Trinajstić information content (AvgIpc) is 3.13. The number of rotatable bonds is 3. The molecule has 2 aromatic carbocycles. The fourth-order valence-electron chi connectivity index (χ4n) is 2.98. The summed E-state index contributed by atoms with van der Waals surface area (Å²) in [7, 11) is 0. The van der Waals surface area contributed by atoms with Gasteiger partial charge in [0.25, 0.3) is 0 Å². The summed E-state index contributed by atoms with van der Waals surface area (Å²) in [5, 5.41) is 1.21. The van der Waals surface area contributed by atoms with Gasteiger partial charge in [-0.25, -0.2) is 4.98 Å². The molecular weight excluding hydrogens is 350 g/mol. The summed E-state index contributed by atoms with van der Waals surface area (Å²) in [6.07, 6.45) is 3.95. The van der Waals surface area contributed by atoms with Gasteiger partial charge in [-0.1, -0.05) is 42.5 Å². The molecule has 0 atom stereocenters. The largest absolute Gasteiger partial charge is 0.360 e. The van der Waals surface area contributed by atoms with Gasteiger partial charge < -0.3 is 9.55 Å². The van der Waals surface area contributed by atoms with Crippen LogP contribution >= 0.6 is 15.9 Å². The van der Waals surface area contributed by atoms with Crippen LogP contribution in [0.25, 0.3) is 22.2 Å². The summed E-state index contributed by atoms with van der Waals surface area (Å²) >= 11 is 3.61. The highest BCUT2D eigenvalue weighted by molar-refractivity contribution is 9.10. The van der Waals surface area contributed by atoms with Gasteiger partial charge in [0.15, 0.2) is 0 Å². The lowest BCUT2D eigenvalue weighted by Crippen LogP contribution is -2.02. The third-order valence-electron chi connectivity index (χ3n) is 4.24. The molecule has 0 unspecified atom stereocenters. The van der Waals surface area contributed by atoms with Crippen LogP contribution in [0.1, 0.15) is 11.1 Å². The number of H-pyrrole nitrogens is 1. The van der Waals surface area contributed by atoms with E-state index in [9.17, 15) is 0 Å².